The second-order valence-electron chi connectivity index (χ2n) is 6.97. The summed E-state index contributed by atoms with van der Waals surface area (Å²) >= 11 is 19.2. The van der Waals surface area contributed by atoms with E-state index < -0.39 is 0 Å². The van der Waals surface area contributed by atoms with Crippen LogP contribution < -0.4 is 10.6 Å². The second-order valence-corrected chi connectivity index (χ2v) is 8.22. The first-order chi connectivity index (χ1) is 12.9. The molecule has 27 heavy (non-hydrogen) atoms. The number of anilines is 2. The Morgan fingerprint density at radius 2 is 1.93 bits per heavy atom. The van der Waals surface area contributed by atoms with Gasteiger partial charge in [0.25, 0.3) is 0 Å². The van der Waals surface area contributed by atoms with Gasteiger partial charge >= 0.3 is 0 Å². The smallest absolute Gasteiger partial charge is 0.211 e. The Morgan fingerprint density at radius 1 is 1.15 bits per heavy atom. The monoisotopic (exact) mass is 422 g/mol. The molecular weight excluding hydrogens is 403 g/mol. The van der Waals surface area contributed by atoms with Crippen molar-refractivity contribution < 1.29 is 0 Å². The van der Waals surface area contributed by atoms with Crippen LogP contribution in [0.2, 0.25) is 15.1 Å². The lowest BCUT2D eigenvalue weighted by molar-refractivity contribution is 0.599. The van der Waals surface area contributed by atoms with Crippen LogP contribution in [0.1, 0.15) is 36.9 Å². The van der Waals surface area contributed by atoms with Crippen molar-refractivity contribution in [1.82, 2.24) is 9.55 Å². The van der Waals surface area contributed by atoms with Gasteiger partial charge in [-0.2, -0.15) is 0 Å². The molecule has 1 aliphatic rings. The fourth-order valence-electron chi connectivity index (χ4n) is 3.89. The Kier molecular flexibility index (Phi) is 5.02. The third-order valence-corrected chi connectivity index (χ3v) is 6.00. The summed E-state index contributed by atoms with van der Waals surface area (Å²) in [6.07, 6.45) is 1.83. The lowest BCUT2D eigenvalue weighted by atomic mass is 10.0. The maximum atomic E-state index is 6.56. The van der Waals surface area contributed by atoms with Crippen molar-refractivity contribution in [3.8, 4) is 0 Å². The SMILES string of the molecule is CCC(N)c1ccc(Cl)c2nc3n(c12)CCCN3c1c(C)cc(Cl)cc1Cl. The van der Waals surface area contributed by atoms with Gasteiger partial charge in [-0.25, -0.2) is 4.98 Å². The van der Waals surface area contributed by atoms with Crippen molar-refractivity contribution in [2.24, 2.45) is 5.73 Å². The van der Waals surface area contributed by atoms with Gasteiger partial charge in [0.15, 0.2) is 0 Å². The molecule has 0 radical (unpaired) electrons. The van der Waals surface area contributed by atoms with E-state index in [0.717, 1.165) is 59.7 Å². The highest BCUT2D eigenvalue weighted by Crippen LogP contribution is 2.41. The van der Waals surface area contributed by atoms with Crippen LogP contribution in [0, 0.1) is 6.92 Å². The van der Waals surface area contributed by atoms with Crippen molar-refractivity contribution in [3.63, 3.8) is 0 Å². The van der Waals surface area contributed by atoms with Crippen LogP contribution in [0.4, 0.5) is 11.6 Å². The van der Waals surface area contributed by atoms with E-state index in [-0.39, 0.29) is 6.04 Å². The van der Waals surface area contributed by atoms with Crippen LogP contribution >= 0.6 is 34.8 Å². The molecule has 0 aliphatic carbocycles. The van der Waals surface area contributed by atoms with E-state index in [1.54, 1.807) is 6.07 Å². The van der Waals surface area contributed by atoms with Crippen LogP contribution in [0.5, 0.6) is 0 Å². The molecule has 0 bridgehead atoms. The predicted molar refractivity (Wildman–Crippen MR) is 115 cm³/mol. The summed E-state index contributed by atoms with van der Waals surface area (Å²) in [6, 6.07) is 7.56. The van der Waals surface area contributed by atoms with Gasteiger partial charge in [0.1, 0.15) is 5.52 Å². The van der Waals surface area contributed by atoms with Crippen molar-refractivity contribution in [3.05, 3.63) is 50.5 Å². The van der Waals surface area contributed by atoms with E-state index in [4.69, 9.17) is 45.5 Å². The number of hydrogen-bond donors (Lipinski definition) is 1. The van der Waals surface area contributed by atoms with Crippen molar-refractivity contribution in [2.45, 2.75) is 39.3 Å². The van der Waals surface area contributed by atoms with Crippen LogP contribution in [-0.4, -0.2) is 16.1 Å². The molecule has 4 nitrogen and oxygen atoms in total. The lowest BCUT2D eigenvalue weighted by Crippen LogP contribution is -2.29. The normalized spacial score (nSPS) is 15.3. The summed E-state index contributed by atoms with van der Waals surface area (Å²) < 4.78 is 2.22. The van der Waals surface area contributed by atoms with Gasteiger partial charge in [-0.3, -0.25) is 0 Å². The maximum absolute atomic E-state index is 6.56. The molecule has 0 saturated carbocycles. The highest BCUT2D eigenvalue weighted by Gasteiger charge is 2.28. The summed E-state index contributed by atoms with van der Waals surface area (Å²) in [5.41, 5.74) is 11.2. The number of halogens is 3. The Bertz CT molecular complexity index is 1000. The molecule has 1 aliphatic heterocycles. The number of benzene rings is 2. The fraction of sp³-hybridized carbons (Fsp3) is 0.350. The number of fused-ring (bicyclic) bond motifs is 3. The number of rotatable bonds is 3. The summed E-state index contributed by atoms with van der Waals surface area (Å²) in [4.78, 5) is 7.06. The number of aryl methyl sites for hydroxylation is 2. The van der Waals surface area contributed by atoms with E-state index in [2.05, 4.69) is 16.4 Å². The molecule has 1 atom stereocenters. The van der Waals surface area contributed by atoms with Crippen LogP contribution in [0.3, 0.4) is 0 Å². The van der Waals surface area contributed by atoms with E-state index in [1.807, 2.05) is 25.1 Å². The van der Waals surface area contributed by atoms with Gasteiger partial charge in [-0.15, -0.1) is 0 Å². The van der Waals surface area contributed by atoms with Crippen LogP contribution in [-0.2, 0) is 6.54 Å². The van der Waals surface area contributed by atoms with E-state index >= 15 is 0 Å². The minimum Gasteiger partial charge on any atom is -0.324 e. The van der Waals surface area contributed by atoms with Crippen molar-refractivity contribution >= 4 is 57.5 Å². The molecule has 2 aromatic carbocycles. The minimum absolute atomic E-state index is 0.0539. The average molecular weight is 424 g/mol. The van der Waals surface area contributed by atoms with Gasteiger partial charge in [-0.05, 0) is 49.1 Å². The van der Waals surface area contributed by atoms with E-state index in [0.29, 0.717) is 15.1 Å². The van der Waals surface area contributed by atoms with Crippen LogP contribution in [0.25, 0.3) is 11.0 Å². The zero-order valence-corrected chi connectivity index (χ0v) is 17.5. The average Bonchev–Trinajstić information content (AvgIpc) is 3.02. The van der Waals surface area contributed by atoms with Crippen LogP contribution in [0.15, 0.2) is 24.3 Å². The van der Waals surface area contributed by atoms with Gasteiger partial charge < -0.3 is 15.2 Å². The molecule has 0 amide bonds. The van der Waals surface area contributed by atoms with E-state index in [1.165, 1.54) is 0 Å². The Labute approximate surface area is 173 Å². The second kappa shape index (κ2) is 7.17. The first-order valence-electron chi connectivity index (χ1n) is 9.09. The molecule has 4 rings (SSSR count). The zero-order chi connectivity index (χ0) is 19.3. The first-order valence-corrected chi connectivity index (χ1v) is 10.2. The Hall–Kier alpha value is -1.46. The Morgan fingerprint density at radius 3 is 2.63 bits per heavy atom. The maximum Gasteiger partial charge on any atom is 0.211 e. The predicted octanol–water partition coefficient (Wildman–Crippen LogP) is 6.26. The standard InChI is InChI=1S/C20H21Cl3N4/c1-3-16(24)13-5-6-14(22)17-19(13)27-8-4-7-26(20(27)25-17)18-11(2)9-12(21)10-15(18)23/h5-6,9-10,16H,3-4,7-8,24H2,1-2H3. The molecule has 142 valence electrons. The summed E-state index contributed by atoms with van der Waals surface area (Å²) in [7, 11) is 0. The van der Waals surface area contributed by atoms with Gasteiger partial charge in [0, 0.05) is 24.2 Å². The molecule has 3 aromatic rings. The van der Waals surface area contributed by atoms with Crippen molar-refractivity contribution in [1.29, 1.82) is 0 Å². The number of nitrogens with zero attached hydrogens (tertiary/aromatic N) is 3. The molecule has 2 heterocycles. The number of imidazole rings is 1. The Balaban J connectivity index is 1.97. The highest BCUT2D eigenvalue weighted by atomic mass is 35.5. The number of aromatic nitrogens is 2. The molecule has 0 spiro atoms. The molecule has 0 fully saturated rings. The largest absolute Gasteiger partial charge is 0.324 e. The number of nitrogens with two attached hydrogens (primary N) is 1. The number of hydrogen-bond acceptors (Lipinski definition) is 3. The minimum atomic E-state index is -0.0539. The first kappa shape index (κ1) is 18.9. The molecule has 2 N–H and O–H groups in total. The summed E-state index contributed by atoms with van der Waals surface area (Å²) in [6.45, 7) is 5.80. The lowest BCUT2D eigenvalue weighted by Gasteiger charge is -2.31. The van der Waals surface area contributed by atoms with Gasteiger partial charge in [0.05, 0.1) is 21.2 Å². The van der Waals surface area contributed by atoms with E-state index in [9.17, 15) is 0 Å². The molecule has 1 aromatic heterocycles. The molecule has 0 saturated heterocycles. The third-order valence-electron chi connectivity index (χ3n) is 5.19. The third kappa shape index (κ3) is 3.09. The summed E-state index contributed by atoms with van der Waals surface area (Å²) in [5.74, 6) is 0.848. The van der Waals surface area contributed by atoms with Gasteiger partial charge in [-0.1, -0.05) is 47.8 Å². The summed E-state index contributed by atoms with van der Waals surface area (Å²) in [5, 5.41) is 1.89. The molecular formula is C20H21Cl3N4. The molecule has 1 unspecified atom stereocenters. The topological polar surface area (TPSA) is 47.1 Å². The fourth-order valence-corrected chi connectivity index (χ4v) is 4.79. The van der Waals surface area contributed by atoms with Crippen molar-refractivity contribution in [2.75, 3.05) is 11.4 Å². The zero-order valence-electron chi connectivity index (χ0n) is 15.3. The quantitative estimate of drug-likeness (QED) is 0.541. The van der Waals surface area contributed by atoms with Gasteiger partial charge in [0.2, 0.25) is 5.95 Å². The molecule has 7 heteroatoms. The highest BCUT2D eigenvalue weighted by molar-refractivity contribution is 6.37.